The molecule has 6 nitrogen and oxygen atoms in total. The van der Waals surface area contributed by atoms with Gasteiger partial charge >= 0.3 is 0 Å². The second-order valence-electron chi connectivity index (χ2n) is 7.09. The molecule has 0 radical (unpaired) electrons. The van der Waals surface area contributed by atoms with Gasteiger partial charge < -0.3 is 4.74 Å². The molecule has 0 unspecified atom stereocenters. The summed E-state index contributed by atoms with van der Waals surface area (Å²) in [6, 6.07) is 26.1. The van der Waals surface area contributed by atoms with Gasteiger partial charge in [-0.3, -0.25) is 4.79 Å². The average molecular weight is 457 g/mol. The summed E-state index contributed by atoms with van der Waals surface area (Å²) in [5.74, 6) is -0.202. The zero-order valence-corrected chi connectivity index (χ0v) is 18.4. The van der Waals surface area contributed by atoms with Crippen LogP contribution in [0.1, 0.15) is 15.9 Å². The van der Waals surface area contributed by atoms with E-state index in [0.717, 1.165) is 5.56 Å². The highest BCUT2D eigenvalue weighted by atomic mass is 32.2. The number of hydrogen-bond acceptors (Lipinski definition) is 4. The molecule has 0 saturated heterocycles. The monoisotopic (exact) mass is 456 g/mol. The smallest absolute Gasteiger partial charge is 0.282 e. The van der Waals surface area contributed by atoms with Crippen molar-refractivity contribution in [2.24, 2.45) is 9.39 Å². The van der Waals surface area contributed by atoms with E-state index in [-0.39, 0.29) is 23.0 Å². The average Bonchev–Trinajstić information content (AvgIpc) is 2.85. The number of carbonyl (C=O) groups excluding carboxylic acids is 1. The van der Waals surface area contributed by atoms with E-state index in [9.17, 15) is 13.2 Å². The van der Waals surface area contributed by atoms with Gasteiger partial charge in [0.1, 0.15) is 18.1 Å². The predicted octanol–water partition coefficient (Wildman–Crippen LogP) is 4.77. The van der Waals surface area contributed by atoms with Crippen molar-refractivity contribution in [3.05, 3.63) is 126 Å². The van der Waals surface area contributed by atoms with Gasteiger partial charge in [-0.2, -0.15) is 12.8 Å². The summed E-state index contributed by atoms with van der Waals surface area (Å²) in [5, 5.41) is 0. The molecule has 0 spiro atoms. The molecule has 1 aliphatic rings. The van der Waals surface area contributed by atoms with Crippen LogP contribution in [0.5, 0.6) is 0 Å². The Morgan fingerprint density at radius 3 is 2.06 bits per heavy atom. The minimum absolute atomic E-state index is 0.0760. The molecule has 3 aromatic carbocycles. The summed E-state index contributed by atoms with van der Waals surface area (Å²) in [7, 11) is -3.95. The summed E-state index contributed by atoms with van der Waals surface area (Å²) in [5.41, 5.74) is 1.81. The number of carbonyl (C=O) groups is 1. The highest BCUT2D eigenvalue weighted by molar-refractivity contribution is 7.90. The Kier molecular flexibility index (Phi) is 6.71. The predicted molar refractivity (Wildman–Crippen MR) is 128 cm³/mol. The lowest BCUT2D eigenvalue weighted by atomic mass is 10.1. The van der Waals surface area contributed by atoms with Crippen molar-refractivity contribution in [1.82, 2.24) is 0 Å². The van der Waals surface area contributed by atoms with Gasteiger partial charge in [0.15, 0.2) is 0 Å². The van der Waals surface area contributed by atoms with Crippen LogP contribution in [0.3, 0.4) is 0 Å². The highest BCUT2D eigenvalue weighted by Crippen LogP contribution is 2.18. The Bertz CT molecular complexity index is 1360. The third-order valence-corrected chi connectivity index (χ3v) is 6.00. The van der Waals surface area contributed by atoms with Crippen LogP contribution in [0.15, 0.2) is 129 Å². The number of sulfonamides is 1. The maximum Gasteiger partial charge on any atom is 0.282 e. The lowest BCUT2D eigenvalue weighted by molar-refractivity contribution is 0.100. The first kappa shape index (κ1) is 22.1. The van der Waals surface area contributed by atoms with E-state index in [4.69, 9.17) is 4.74 Å². The second kappa shape index (κ2) is 10.0. The molecule has 0 saturated carbocycles. The minimum atomic E-state index is -3.95. The Morgan fingerprint density at radius 2 is 1.39 bits per heavy atom. The van der Waals surface area contributed by atoms with E-state index in [1.165, 1.54) is 30.4 Å². The summed E-state index contributed by atoms with van der Waals surface area (Å²) >= 11 is 0. The van der Waals surface area contributed by atoms with Crippen LogP contribution in [0, 0.1) is 0 Å². The van der Waals surface area contributed by atoms with Crippen LogP contribution in [-0.2, 0) is 21.4 Å². The minimum Gasteiger partial charge on any atom is -0.487 e. The maximum atomic E-state index is 12.8. The van der Waals surface area contributed by atoms with Gasteiger partial charge in [0.05, 0.1) is 10.6 Å². The lowest BCUT2D eigenvalue weighted by Gasteiger charge is -2.14. The number of hydrogen-bond donors (Lipinski definition) is 0. The Balaban J connectivity index is 1.66. The number of amides is 1. The fraction of sp³-hybridized carbons (Fsp3) is 0.0385. The van der Waals surface area contributed by atoms with E-state index in [0.29, 0.717) is 11.3 Å². The summed E-state index contributed by atoms with van der Waals surface area (Å²) in [4.78, 5) is 16.7. The number of ether oxygens (including phenoxy) is 1. The van der Waals surface area contributed by atoms with Gasteiger partial charge in [-0.25, -0.2) is 4.99 Å². The van der Waals surface area contributed by atoms with Crippen molar-refractivity contribution >= 4 is 27.4 Å². The van der Waals surface area contributed by atoms with E-state index in [1.54, 1.807) is 42.5 Å². The second-order valence-corrected chi connectivity index (χ2v) is 8.69. The van der Waals surface area contributed by atoms with E-state index < -0.39 is 15.9 Å². The molecule has 4 rings (SSSR count). The molecule has 0 heterocycles. The fourth-order valence-electron chi connectivity index (χ4n) is 3.04. The van der Waals surface area contributed by atoms with Crippen molar-refractivity contribution in [2.45, 2.75) is 11.5 Å². The van der Waals surface area contributed by atoms with Crippen LogP contribution in [0.25, 0.3) is 0 Å². The maximum absolute atomic E-state index is 12.8. The van der Waals surface area contributed by atoms with Gasteiger partial charge in [0.2, 0.25) is 0 Å². The summed E-state index contributed by atoms with van der Waals surface area (Å²) in [6.45, 7) is 0.199. The molecule has 0 bridgehead atoms. The first-order valence-corrected chi connectivity index (χ1v) is 11.6. The molecule has 7 heteroatoms. The van der Waals surface area contributed by atoms with Crippen LogP contribution in [0.4, 0.5) is 0 Å². The molecule has 0 aliphatic heterocycles. The van der Waals surface area contributed by atoms with Crippen molar-refractivity contribution in [3.63, 3.8) is 0 Å². The summed E-state index contributed by atoms with van der Waals surface area (Å²) in [6.07, 6.45) is 4.54. The molecule has 3 aromatic rings. The third kappa shape index (κ3) is 5.78. The lowest BCUT2D eigenvalue weighted by Crippen LogP contribution is -2.14. The number of nitrogens with zero attached hydrogens (tertiary/aromatic N) is 2. The first-order chi connectivity index (χ1) is 16.0. The van der Waals surface area contributed by atoms with Gasteiger partial charge in [-0.1, -0.05) is 66.7 Å². The van der Waals surface area contributed by atoms with Gasteiger partial charge in [-0.05, 0) is 42.0 Å². The number of benzene rings is 3. The molecular weight excluding hydrogens is 436 g/mol. The normalized spacial score (nSPS) is 15.9. The van der Waals surface area contributed by atoms with Crippen LogP contribution in [0.2, 0.25) is 0 Å². The Morgan fingerprint density at radius 1 is 0.788 bits per heavy atom. The molecule has 0 N–H and O–H groups in total. The Labute approximate surface area is 192 Å². The molecule has 0 fully saturated rings. The van der Waals surface area contributed by atoms with Gasteiger partial charge in [0.25, 0.3) is 15.9 Å². The fourth-order valence-corrected chi connectivity index (χ4v) is 4.05. The SMILES string of the molecule is O=C(N=C1C=C/C(=N/S(=O)(=O)c2ccccc2)C(OCc2ccccc2)=C1)c1ccccc1. The van der Waals surface area contributed by atoms with Gasteiger partial charge in [-0.15, -0.1) is 0 Å². The topological polar surface area (TPSA) is 85.2 Å². The van der Waals surface area contributed by atoms with Crippen LogP contribution < -0.4 is 0 Å². The zero-order valence-electron chi connectivity index (χ0n) is 17.5. The standard InChI is InChI=1S/C26H20N2O4S/c29-26(21-12-6-2-7-13-21)27-22-16-17-24(28-33(30,31)23-14-8-3-9-15-23)25(18-22)32-19-20-10-4-1-5-11-20/h1-18H,19H2/b27-22?,28-24-. The van der Waals surface area contributed by atoms with Gasteiger partial charge in [0, 0.05) is 11.6 Å². The number of allylic oxidation sites excluding steroid dienone is 3. The van der Waals surface area contributed by atoms with Crippen molar-refractivity contribution in [1.29, 1.82) is 0 Å². The van der Waals surface area contributed by atoms with Crippen LogP contribution in [-0.4, -0.2) is 25.7 Å². The molecule has 33 heavy (non-hydrogen) atoms. The van der Waals surface area contributed by atoms with E-state index in [1.807, 2.05) is 36.4 Å². The molecular formula is C26H20N2O4S. The van der Waals surface area contributed by atoms with Crippen molar-refractivity contribution in [3.8, 4) is 0 Å². The van der Waals surface area contributed by atoms with Crippen molar-refractivity contribution in [2.75, 3.05) is 0 Å². The molecule has 1 aliphatic carbocycles. The molecule has 0 atom stereocenters. The number of rotatable bonds is 6. The van der Waals surface area contributed by atoms with E-state index >= 15 is 0 Å². The largest absolute Gasteiger partial charge is 0.487 e. The molecule has 164 valence electrons. The first-order valence-electron chi connectivity index (χ1n) is 10.2. The Hall–Kier alpha value is -4.10. The zero-order chi connectivity index (χ0) is 23.1. The van der Waals surface area contributed by atoms with E-state index in [2.05, 4.69) is 9.39 Å². The number of aliphatic imine (C=N–C) groups is 1. The van der Waals surface area contributed by atoms with Crippen molar-refractivity contribution < 1.29 is 17.9 Å². The molecule has 0 aromatic heterocycles. The summed E-state index contributed by atoms with van der Waals surface area (Å²) < 4.78 is 35.4. The highest BCUT2D eigenvalue weighted by Gasteiger charge is 2.19. The quantitative estimate of drug-likeness (QED) is 0.500. The third-order valence-electron chi connectivity index (χ3n) is 4.69. The van der Waals surface area contributed by atoms with Crippen LogP contribution >= 0.6 is 0 Å². The molecule has 1 amide bonds.